The maximum Gasteiger partial charge on any atom is 0.274 e. The Labute approximate surface area is 149 Å². The van der Waals surface area contributed by atoms with Crippen molar-refractivity contribution >= 4 is 5.91 Å². The predicted octanol–water partition coefficient (Wildman–Crippen LogP) is 2.19. The number of aromatic nitrogens is 2. The van der Waals surface area contributed by atoms with Crippen molar-refractivity contribution in [3.63, 3.8) is 0 Å². The Hall–Kier alpha value is -3.32. The largest absolute Gasteiger partial charge is 0.497 e. The zero-order valence-electron chi connectivity index (χ0n) is 14.4. The number of hydrogen-bond acceptors (Lipinski definition) is 4. The molecule has 26 heavy (non-hydrogen) atoms. The molecule has 0 radical (unpaired) electrons. The summed E-state index contributed by atoms with van der Waals surface area (Å²) in [6.45, 7) is 1.85. The number of hydroxylamine groups is 1. The molecule has 1 heterocycles. The molecule has 0 atom stereocenters. The normalized spacial score (nSPS) is 10.6. The first-order chi connectivity index (χ1) is 12.5. The molecule has 3 N–H and O–H groups in total. The quantitative estimate of drug-likeness (QED) is 0.484. The molecular formula is C19H19N3O4. The molecule has 3 rings (SSSR count). The van der Waals surface area contributed by atoms with Crippen LogP contribution >= 0.6 is 0 Å². The fraction of sp³-hybridized carbons (Fsp3) is 0.158. The molecule has 134 valence electrons. The van der Waals surface area contributed by atoms with E-state index in [1.54, 1.807) is 42.9 Å². The van der Waals surface area contributed by atoms with Gasteiger partial charge in [0, 0.05) is 29.3 Å². The minimum Gasteiger partial charge on any atom is -0.497 e. The second kappa shape index (κ2) is 7.28. The first kappa shape index (κ1) is 17.5. The highest BCUT2D eigenvalue weighted by atomic mass is 16.5. The minimum atomic E-state index is -0.574. The number of benzene rings is 2. The maximum absolute atomic E-state index is 12.8. The van der Waals surface area contributed by atoms with Crippen LogP contribution in [0.25, 0.3) is 5.69 Å². The van der Waals surface area contributed by atoms with Crippen LogP contribution in [0.1, 0.15) is 27.2 Å². The van der Waals surface area contributed by atoms with E-state index in [0.29, 0.717) is 29.0 Å². The van der Waals surface area contributed by atoms with Crippen LogP contribution in [0.2, 0.25) is 0 Å². The van der Waals surface area contributed by atoms with E-state index in [0.717, 1.165) is 11.3 Å². The minimum absolute atomic E-state index is 0.132. The van der Waals surface area contributed by atoms with Gasteiger partial charge >= 0.3 is 0 Å². The van der Waals surface area contributed by atoms with Crippen LogP contribution in [-0.2, 0) is 6.42 Å². The van der Waals surface area contributed by atoms with E-state index in [-0.39, 0.29) is 5.56 Å². The van der Waals surface area contributed by atoms with Gasteiger partial charge in [0.1, 0.15) is 5.75 Å². The number of carbonyl (C=O) groups is 1. The summed E-state index contributed by atoms with van der Waals surface area (Å²) >= 11 is 0. The fourth-order valence-electron chi connectivity index (χ4n) is 2.76. The standard InChI is InChI=1S/C19H19N3O4/c1-12-17(10-13-6-8-14(9-7-13)18(23)21-25)19(24)22(20-12)15-4-3-5-16(11-15)26-2/h3-9,11,20,25H,10H2,1-2H3,(H,21,23). The average molecular weight is 353 g/mol. The molecule has 2 aromatic carbocycles. The summed E-state index contributed by atoms with van der Waals surface area (Å²) in [6, 6.07) is 14.0. The molecule has 3 aromatic rings. The van der Waals surface area contributed by atoms with Crippen molar-refractivity contribution in [1.29, 1.82) is 0 Å². The Balaban J connectivity index is 1.91. The third kappa shape index (κ3) is 3.38. The predicted molar refractivity (Wildman–Crippen MR) is 96.2 cm³/mol. The zero-order valence-corrected chi connectivity index (χ0v) is 14.4. The van der Waals surface area contributed by atoms with Crippen LogP contribution in [0.3, 0.4) is 0 Å². The molecule has 0 saturated carbocycles. The smallest absolute Gasteiger partial charge is 0.274 e. The summed E-state index contributed by atoms with van der Waals surface area (Å²) in [4.78, 5) is 24.2. The highest BCUT2D eigenvalue weighted by Crippen LogP contribution is 2.17. The first-order valence-electron chi connectivity index (χ1n) is 8.01. The topological polar surface area (TPSA) is 96.3 Å². The number of H-pyrrole nitrogens is 1. The van der Waals surface area contributed by atoms with Gasteiger partial charge in [-0.2, -0.15) is 0 Å². The maximum atomic E-state index is 12.8. The molecule has 0 fully saturated rings. The molecule has 0 bridgehead atoms. The lowest BCUT2D eigenvalue weighted by Crippen LogP contribution is -2.19. The lowest BCUT2D eigenvalue weighted by Gasteiger charge is -2.04. The van der Waals surface area contributed by atoms with Gasteiger partial charge in [-0.05, 0) is 36.8 Å². The summed E-state index contributed by atoms with van der Waals surface area (Å²) in [7, 11) is 1.58. The van der Waals surface area contributed by atoms with E-state index in [1.807, 2.05) is 25.1 Å². The molecular weight excluding hydrogens is 334 g/mol. The van der Waals surface area contributed by atoms with Crippen LogP contribution in [-0.4, -0.2) is 28.0 Å². The van der Waals surface area contributed by atoms with Crippen molar-refractivity contribution in [2.45, 2.75) is 13.3 Å². The Bertz CT molecular complexity index is 987. The molecule has 0 aliphatic heterocycles. The summed E-state index contributed by atoms with van der Waals surface area (Å²) in [6.07, 6.45) is 0.430. The van der Waals surface area contributed by atoms with Crippen LogP contribution < -0.4 is 15.8 Å². The van der Waals surface area contributed by atoms with Gasteiger partial charge in [-0.15, -0.1) is 0 Å². The van der Waals surface area contributed by atoms with Crippen LogP contribution in [0.4, 0.5) is 0 Å². The zero-order chi connectivity index (χ0) is 18.7. The van der Waals surface area contributed by atoms with Crippen LogP contribution in [0.15, 0.2) is 53.3 Å². The number of aromatic amines is 1. The highest BCUT2D eigenvalue weighted by Gasteiger charge is 2.14. The lowest BCUT2D eigenvalue weighted by atomic mass is 10.0. The Morgan fingerprint density at radius 1 is 1.23 bits per heavy atom. The van der Waals surface area contributed by atoms with E-state index in [2.05, 4.69) is 5.10 Å². The number of hydrogen-bond donors (Lipinski definition) is 3. The molecule has 1 aromatic heterocycles. The molecule has 0 unspecified atom stereocenters. The number of methoxy groups -OCH3 is 1. The van der Waals surface area contributed by atoms with Crippen molar-refractivity contribution in [2.75, 3.05) is 7.11 Å². The van der Waals surface area contributed by atoms with Gasteiger partial charge < -0.3 is 4.74 Å². The van der Waals surface area contributed by atoms with Crippen molar-refractivity contribution in [3.8, 4) is 11.4 Å². The van der Waals surface area contributed by atoms with E-state index in [4.69, 9.17) is 9.94 Å². The fourth-order valence-corrected chi connectivity index (χ4v) is 2.76. The monoisotopic (exact) mass is 353 g/mol. The van der Waals surface area contributed by atoms with Crippen LogP contribution in [0, 0.1) is 6.92 Å². The van der Waals surface area contributed by atoms with E-state index < -0.39 is 5.91 Å². The highest BCUT2D eigenvalue weighted by molar-refractivity contribution is 5.93. The number of carbonyl (C=O) groups excluding carboxylic acids is 1. The molecule has 0 spiro atoms. The first-order valence-corrected chi connectivity index (χ1v) is 8.01. The Kier molecular flexibility index (Phi) is 4.90. The van der Waals surface area contributed by atoms with Gasteiger partial charge in [-0.1, -0.05) is 18.2 Å². The Morgan fingerprint density at radius 3 is 2.62 bits per heavy atom. The molecule has 7 heteroatoms. The number of rotatable bonds is 5. The molecule has 0 aliphatic rings. The van der Waals surface area contributed by atoms with Gasteiger partial charge in [0.2, 0.25) is 0 Å². The van der Waals surface area contributed by atoms with Crippen LogP contribution in [0.5, 0.6) is 5.75 Å². The third-order valence-corrected chi connectivity index (χ3v) is 4.20. The number of nitrogens with zero attached hydrogens (tertiary/aromatic N) is 1. The molecule has 1 amide bonds. The molecule has 0 aliphatic carbocycles. The van der Waals surface area contributed by atoms with E-state index in [9.17, 15) is 9.59 Å². The summed E-state index contributed by atoms with van der Waals surface area (Å²) < 4.78 is 6.70. The number of ether oxygens (including phenoxy) is 1. The average Bonchev–Trinajstić information content (AvgIpc) is 2.96. The summed E-state index contributed by atoms with van der Waals surface area (Å²) in [5.41, 5.74) is 4.80. The van der Waals surface area contributed by atoms with E-state index in [1.165, 1.54) is 4.68 Å². The van der Waals surface area contributed by atoms with Crippen molar-refractivity contribution in [3.05, 3.63) is 81.3 Å². The van der Waals surface area contributed by atoms with Gasteiger partial charge in [0.15, 0.2) is 0 Å². The van der Waals surface area contributed by atoms with Gasteiger partial charge in [0.25, 0.3) is 11.5 Å². The lowest BCUT2D eigenvalue weighted by molar-refractivity contribution is 0.0706. The van der Waals surface area contributed by atoms with E-state index >= 15 is 0 Å². The number of aryl methyl sites for hydroxylation is 1. The molecule has 7 nitrogen and oxygen atoms in total. The summed E-state index contributed by atoms with van der Waals surface area (Å²) in [5, 5.41) is 11.7. The number of amides is 1. The summed E-state index contributed by atoms with van der Waals surface area (Å²) in [5.74, 6) is 0.0932. The van der Waals surface area contributed by atoms with Crippen molar-refractivity contribution < 1.29 is 14.7 Å². The second-order valence-corrected chi connectivity index (χ2v) is 5.87. The third-order valence-electron chi connectivity index (χ3n) is 4.20. The Morgan fingerprint density at radius 2 is 1.96 bits per heavy atom. The van der Waals surface area contributed by atoms with Crippen molar-refractivity contribution in [1.82, 2.24) is 15.3 Å². The van der Waals surface area contributed by atoms with Gasteiger partial charge in [-0.25, -0.2) is 10.2 Å². The van der Waals surface area contributed by atoms with Gasteiger partial charge in [-0.3, -0.25) is 19.9 Å². The second-order valence-electron chi connectivity index (χ2n) is 5.87. The SMILES string of the molecule is COc1cccc(-n2[nH]c(C)c(Cc3ccc(C(=O)NO)cc3)c2=O)c1. The van der Waals surface area contributed by atoms with Crippen molar-refractivity contribution in [2.24, 2.45) is 0 Å². The molecule has 0 saturated heterocycles. The number of nitrogens with one attached hydrogen (secondary N) is 2. The van der Waals surface area contributed by atoms with Gasteiger partial charge in [0.05, 0.1) is 12.8 Å².